The van der Waals surface area contributed by atoms with Crippen LogP contribution in [-0.4, -0.2) is 22.7 Å². The Morgan fingerprint density at radius 2 is 1.62 bits per heavy atom. The fraction of sp³-hybridized carbons (Fsp3) is 0.364. The lowest BCUT2D eigenvalue weighted by Gasteiger charge is -2.15. The fourth-order valence-electron chi connectivity index (χ4n) is 1.38. The molecule has 0 saturated heterocycles. The Hall–Kier alpha value is -0.540. The van der Waals surface area contributed by atoms with Crippen LogP contribution in [0.1, 0.15) is 16.8 Å². The summed E-state index contributed by atoms with van der Waals surface area (Å²) in [6, 6.07) is 3.06. The number of Topliss-reactive ketones (excluding diaryl/α,β-unsaturated/α-hetero) is 1. The molecule has 21 heavy (non-hydrogen) atoms. The Bertz CT molecular complexity index is 514. The first kappa shape index (κ1) is 18.5. The maximum Gasteiger partial charge on any atom is 0.446 e. The average Bonchev–Trinajstić information content (AvgIpc) is 2.28. The first-order valence-electron chi connectivity index (χ1n) is 5.27. The van der Waals surface area contributed by atoms with E-state index in [0.717, 1.165) is 18.2 Å². The summed E-state index contributed by atoms with van der Waals surface area (Å²) in [7, 11) is 0. The lowest BCUT2D eigenvalue weighted by atomic mass is 10.1. The van der Waals surface area contributed by atoms with Crippen LogP contribution in [-0.2, 0) is 0 Å². The molecular weight excluding hydrogens is 362 g/mol. The molecule has 0 heterocycles. The van der Waals surface area contributed by atoms with Gasteiger partial charge in [0.25, 0.3) is 0 Å². The third kappa shape index (κ3) is 6.39. The van der Waals surface area contributed by atoms with Crippen LogP contribution in [0.5, 0.6) is 0 Å². The summed E-state index contributed by atoms with van der Waals surface area (Å²) in [5, 5.41) is 0. The van der Waals surface area contributed by atoms with E-state index in [1.54, 1.807) is 0 Å². The maximum atomic E-state index is 12.5. The van der Waals surface area contributed by atoms with Gasteiger partial charge in [-0.3, -0.25) is 4.79 Å². The van der Waals surface area contributed by atoms with Gasteiger partial charge in [0, 0.05) is 27.7 Å². The number of thioether (sulfide) groups is 2. The molecule has 1 aromatic rings. The molecule has 0 saturated carbocycles. The summed E-state index contributed by atoms with van der Waals surface area (Å²) in [4.78, 5) is 10.3. The van der Waals surface area contributed by atoms with Crippen molar-refractivity contribution in [2.75, 3.05) is 5.88 Å². The van der Waals surface area contributed by atoms with Gasteiger partial charge in [-0.2, -0.15) is 26.3 Å². The third-order valence-electron chi connectivity index (χ3n) is 2.04. The summed E-state index contributed by atoms with van der Waals surface area (Å²) in [6.07, 6.45) is -0.257. The van der Waals surface area contributed by atoms with Crippen LogP contribution >= 0.6 is 35.1 Å². The van der Waals surface area contributed by atoms with Gasteiger partial charge in [-0.1, -0.05) is 12.1 Å². The quantitative estimate of drug-likeness (QED) is 0.286. The number of halogens is 7. The van der Waals surface area contributed by atoms with Gasteiger partial charge in [0.2, 0.25) is 0 Å². The lowest BCUT2D eigenvalue weighted by Crippen LogP contribution is -2.08. The second kappa shape index (κ2) is 7.15. The van der Waals surface area contributed by atoms with Gasteiger partial charge in [0.15, 0.2) is 5.78 Å². The SMILES string of the molecule is O=C(CCCl)c1cccc(SC(F)(F)F)c1SC(F)(F)F. The van der Waals surface area contributed by atoms with Crippen molar-refractivity contribution < 1.29 is 31.1 Å². The molecule has 0 fully saturated rings. The van der Waals surface area contributed by atoms with Crippen LogP contribution in [0.3, 0.4) is 0 Å². The first-order chi connectivity index (χ1) is 9.53. The van der Waals surface area contributed by atoms with Crippen LogP contribution in [0, 0.1) is 0 Å². The zero-order valence-electron chi connectivity index (χ0n) is 10.0. The summed E-state index contributed by atoms with van der Waals surface area (Å²) in [5.74, 6) is -0.868. The third-order valence-corrected chi connectivity index (χ3v) is 4.03. The van der Waals surface area contributed by atoms with Gasteiger partial charge in [-0.05, 0) is 29.6 Å². The van der Waals surface area contributed by atoms with Crippen LogP contribution in [0.25, 0.3) is 0 Å². The van der Waals surface area contributed by atoms with Crippen molar-refractivity contribution in [3.63, 3.8) is 0 Å². The van der Waals surface area contributed by atoms with E-state index in [0.29, 0.717) is 0 Å². The predicted octanol–water partition coefficient (Wildman–Crippen LogP) is 5.72. The molecule has 118 valence electrons. The predicted molar refractivity (Wildman–Crippen MR) is 69.9 cm³/mol. The number of hydrogen-bond acceptors (Lipinski definition) is 3. The van der Waals surface area contributed by atoms with Gasteiger partial charge in [0.1, 0.15) is 0 Å². The average molecular weight is 369 g/mol. The van der Waals surface area contributed by atoms with Crippen molar-refractivity contribution in [2.45, 2.75) is 27.2 Å². The highest BCUT2D eigenvalue weighted by molar-refractivity contribution is 8.03. The number of benzene rings is 1. The van der Waals surface area contributed by atoms with E-state index in [2.05, 4.69) is 0 Å². The largest absolute Gasteiger partial charge is 0.446 e. The lowest BCUT2D eigenvalue weighted by molar-refractivity contribution is -0.0346. The minimum atomic E-state index is -4.81. The Labute approximate surface area is 129 Å². The van der Waals surface area contributed by atoms with Crippen LogP contribution in [0.2, 0.25) is 0 Å². The zero-order chi connectivity index (χ0) is 16.3. The molecule has 1 rings (SSSR count). The summed E-state index contributed by atoms with van der Waals surface area (Å²) in [5.41, 5.74) is -9.97. The minimum Gasteiger partial charge on any atom is -0.294 e. The van der Waals surface area contributed by atoms with E-state index >= 15 is 0 Å². The highest BCUT2D eigenvalue weighted by atomic mass is 35.5. The summed E-state index contributed by atoms with van der Waals surface area (Å²) >= 11 is 3.92. The Morgan fingerprint density at radius 3 is 2.10 bits per heavy atom. The molecular formula is C11H7ClF6OS2. The zero-order valence-corrected chi connectivity index (χ0v) is 12.4. The number of carbonyl (C=O) groups excluding carboxylic acids is 1. The van der Waals surface area contributed by atoms with Crippen LogP contribution in [0.15, 0.2) is 28.0 Å². The summed E-state index contributed by atoms with van der Waals surface area (Å²) < 4.78 is 74.8. The number of carbonyl (C=O) groups is 1. The van der Waals surface area contributed by atoms with E-state index in [4.69, 9.17) is 11.6 Å². The fourth-order valence-corrected chi connectivity index (χ4v) is 3.09. The maximum absolute atomic E-state index is 12.5. The van der Waals surface area contributed by atoms with Crippen molar-refractivity contribution in [1.29, 1.82) is 0 Å². The van der Waals surface area contributed by atoms with E-state index < -0.39 is 55.7 Å². The molecule has 0 atom stereocenters. The molecule has 0 aliphatic heterocycles. The van der Waals surface area contributed by atoms with Gasteiger partial charge < -0.3 is 0 Å². The molecule has 10 heteroatoms. The molecule has 0 unspecified atom stereocenters. The topological polar surface area (TPSA) is 17.1 Å². The molecule has 1 nitrogen and oxygen atoms in total. The summed E-state index contributed by atoms with van der Waals surface area (Å²) in [6.45, 7) is 0. The molecule has 0 N–H and O–H groups in total. The second-order valence-corrected chi connectivity index (χ2v) is 6.15. The number of hydrogen-bond donors (Lipinski definition) is 0. The standard InChI is InChI=1S/C11H7ClF6OS2/c12-5-4-7(19)6-2-1-3-8(20-10(13,14)15)9(6)21-11(16,17)18/h1-3H,4-5H2. The van der Waals surface area contributed by atoms with Crippen molar-refractivity contribution in [3.8, 4) is 0 Å². The minimum absolute atomic E-state index is 0.133. The number of rotatable bonds is 5. The molecule has 0 bridgehead atoms. The van der Waals surface area contributed by atoms with Crippen molar-refractivity contribution in [3.05, 3.63) is 23.8 Å². The Morgan fingerprint density at radius 1 is 1.05 bits per heavy atom. The molecule has 0 spiro atoms. The van der Waals surface area contributed by atoms with Crippen molar-refractivity contribution in [2.24, 2.45) is 0 Å². The van der Waals surface area contributed by atoms with E-state index in [1.165, 1.54) is 0 Å². The monoisotopic (exact) mass is 368 g/mol. The highest BCUT2D eigenvalue weighted by Gasteiger charge is 2.36. The van der Waals surface area contributed by atoms with E-state index in [1.807, 2.05) is 0 Å². The van der Waals surface area contributed by atoms with Crippen molar-refractivity contribution >= 4 is 40.9 Å². The molecule has 0 aliphatic carbocycles. The van der Waals surface area contributed by atoms with Crippen LogP contribution < -0.4 is 0 Å². The number of alkyl halides is 7. The van der Waals surface area contributed by atoms with Gasteiger partial charge in [-0.25, -0.2) is 0 Å². The highest BCUT2D eigenvalue weighted by Crippen LogP contribution is 2.47. The van der Waals surface area contributed by atoms with Gasteiger partial charge in [-0.15, -0.1) is 11.6 Å². The van der Waals surface area contributed by atoms with Gasteiger partial charge >= 0.3 is 11.0 Å². The molecule has 0 aliphatic rings. The smallest absolute Gasteiger partial charge is 0.294 e. The molecule has 0 amide bonds. The molecule has 0 radical (unpaired) electrons. The van der Waals surface area contributed by atoms with Gasteiger partial charge in [0.05, 0.1) is 0 Å². The molecule has 1 aromatic carbocycles. The van der Waals surface area contributed by atoms with Crippen LogP contribution in [0.4, 0.5) is 26.3 Å². The first-order valence-corrected chi connectivity index (χ1v) is 7.44. The molecule has 0 aromatic heterocycles. The van der Waals surface area contributed by atoms with E-state index in [9.17, 15) is 31.1 Å². The van der Waals surface area contributed by atoms with E-state index in [-0.39, 0.29) is 12.3 Å². The Kier molecular flexibility index (Phi) is 6.30. The second-order valence-electron chi connectivity index (χ2n) is 3.59. The number of ketones is 1. The normalized spacial score (nSPS) is 12.5. The van der Waals surface area contributed by atoms with Crippen molar-refractivity contribution in [1.82, 2.24) is 0 Å². The Balaban J connectivity index is 3.30.